The lowest BCUT2D eigenvalue weighted by atomic mass is 9.89. The third kappa shape index (κ3) is 4.52. The number of carbonyl (C=O) groups excluding carboxylic acids is 1. The lowest BCUT2D eigenvalue weighted by Crippen LogP contribution is -2.58. The molecule has 0 bridgehead atoms. The SMILES string of the molecule is CCNC(=O)C1=CN2C(c3cc(C(C)(C)O)ccc3OC3CCC(C)CC3)=CN3C(C)=NNC3C2N1. The van der Waals surface area contributed by atoms with Crippen LogP contribution < -0.4 is 20.8 Å². The van der Waals surface area contributed by atoms with Gasteiger partial charge in [-0.05, 0) is 77.0 Å². The van der Waals surface area contributed by atoms with Crippen LogP contribution in [0.3, 0.4) is 0 Å². The van der Waals surface area contributed by atoms with Crippen LogP contribution in [0.15, 0.2) is 41.4 Å². The highest BCUT2D eigenvalue weighted by Crippen LogP contribution is 2.40. The van der Waals surface area contributed by atoms with Gasteiger partial charge in [-0.25, -0.2) is 0 Å². The molecule has 4 aliphatic rings. The fourth-order valence-corrected chi connectivity index (χ4v) is 5.34. The second kappa shape index (κ2) is 9.35. The predicted molar refractivity (Wildman–Crippen MR) is 139 cm³/mol. The Morgan fingerprint density at radius 3 is 2.64 bits per heavy atom. The van der Waals surface area contributed by atoms with Gasteiger partial charge in [0, 0.05) is 24.5 Å². The number of amides is 1. The summed E-state index contributed by atoms with van der Waals surface area (Å²) in [7, 11) is 0. The number of hydrogen-bond acceptors (Lipinski definition) is 8. The molecule has 2 atom stereocenters. The first kappa shape index (κ1) is 24.5. The molecule has 1 amide bonds. The van der Waals surface area contributed by atoms with Crippen molar-refractivity contribution in [1.29, 1.82) is 0 Å². The maximum absolute atomic E-state index is 12.7. The molecule has 4 N–H and O–H groups in total. The first-order valence-electron chi connectivity index (χ1n) is 13.0. The van der Waals surface area contributed by atoms with E-state index < -0.39 is 5.60 Å². The monoisotopic (exact) mass is 494 g/mol. The molecular formula is C27H38N6O3. The van der Waals surface area contributed by atoms with Crippen LogP contribution in [-0.4, -0.2) is 51.6 Å². The average Bonchev–Trinajstić information content (AvgIpc) is 3.44. The minimum Gasteiger partial charge on any atom is -0.490 e. The quantitative estimate of drug-likeness (QED) is 0.482. The maximum atomic E-state index is 12.7. The van der Waals surface area contributed by atoms with E-state index in [9.17, 15) is 9.90 Å². The van der Waals surface area contributed by atoms with Gasteiger partial charge >= 0.3 is 0 Å². The van der Waals surface area contributed by atoms with E-state index in [1.54, 1.807) is 13.8 Å². The van der Waals surface area contributed by atoms with Gasteiger partial charge in [-0.1, -0.05) is 13.0 Å². The molecule has 9 heteroatoms. The first-order chi connectivity index (χ1) is 17.2. The molecule has 1 saturated carbocycles. The summed E-state index contributed by atoms with van der Waals surface area (Å²) in [5, 5.41) is 21.5. The molecule has 3 aliphatic heterocycles. The number of ether oxygens (including phenoxy) is 1. The van der Waals surface area contributed by atoms with E-state index in [1.807, 2.05) is 38.2 Å². The zero-order valence-corrected chi connectivity index (χ0v) is 21.8. The molecule has 9 nitrogen and oxygen atoms in total. The number of hydrazone groups is 1. The van der Waals surface area contributed by atoms with Gasteiger partial charge in [-0.3, -0.25) is 10.2 Å². The third-order valence-electron chi connectivity index (χ3n) is 7.54. The Bertz CT molecular complexity index is 1110. The Balaban J connectivity index is 1.58. The summed E-state index contributed by atoms with van der Waals surface area (Å²) in [5.74, 6) is 2.21. The molecule has 0 spiro atoms. The molecular weight excluding hydrogens is 456 g/mol. The number of amidine groups is 1. The van der Waals surface area contributed by atoms with E-state index in [-0.39, 0.29) is 24.3 Å². The van der Waals surface area contributed by atoms with Crippen molar-refractivity contribution in [3.63, 3.8) is 0 Å². The van der Waals surface area contributed by atoms with Crippen molar-refractivity contribution < 1.29 is 14.6 Å². The molecule has 5 rings (SSSR count). The Hall–Kier alpha value is -3.20. The fourth-order valence-electron chi connectivity index (χ4n) is 5.34. The molecule has 1 aromatic carbocycles. The maximum Gasteiger partial charge on any atom is 0.268 e. The Morgan fingerprint density at radius 2 is 1.94 bits per heavy atom. The molecule has 0 saturated heterocycles. The lowest BCUT2D eigenvalue weighted by Gasteiger charge is -2.41. The van der Waals surface area contributed by atoms with Crippen LogP contribution in [0.2, 0.25) is 0 Å². The van der Waals surface area contributed by atoms with E-state index in [2.05, 4.69) is 44.1 Å². The summed E-state index contributed by atoms with van der Waals surface area (Å²) in [4.78, 5) is 16.9. The Morgan fingerprint density at radius 1 is 1.19 bits per heavy atom. The summed E-state index contributed by atoms with van der Waals surface area (Å²) in [6, 6.07) is 5.93. The van der Waals surface area contributed by atoms with Crippen molar-refractivity contribution in [3.8, 4) is 5.75 Å². The number of nitrogens with zero attached hydrogens (tertiary/aromatic N) is 3. The van der Waals surface area contributed by atoms with Crippen molar-refractivity contribution in [1.82, 2.24) is 25.9 Å². The van der Waals surface area contributed by atoms with Crippen molar-refractivity contribution in [2.24, 2.45) is 11.0 Å². The van der Waals surface area contributed by atoms with Gasteiger partial charge in [-0.2, -0.15) is 5.10 Å². The molecule has 1 fully saturated rings. The first-order valence-corrected chi connectivity index (χ1v) is 13.0. The van der Waals surface area contributed by atoms with Gasteiger partial charge in [0.05, 0.1) is 17.4 Å². The van der Waals surface area contributed by atoms with Crippen molar-refractivity contribution in [2.75, 3.05) is 6.54 Å². The van der Waals surface area contributed by atoms with Gasteiger partial charge in [0.25, 0.3) is 5.91 Å². The highest BCUT2D eigenvalue weighted by Gasteiger charge is 2.45. The summed E-state index contributed by atoms with van der Waals surface area (Å²) in [6.45, 7) is 10.3. The standard InChI is InChI=1S/C27H38N6O3/c1-6-28-26(34)21-14-33-22(15-32-17(3)30-31-25(32)24(33)29-21)20-13-18(27(4,5)35)9-12-23(20)36-19-10-7-16(2)8-11-19/h9,12-16,19,24-25,29,31,35H,6-8,10-11H2,1-5H3,(H,28,34). The fraction of sp³-hybridized carbons (Fsp3) is 0.556. The number of likely N-dealkylation sites (N-methyl/N-ethyl adjacent to an activating group) is 1. The molecule has 1 aromatic rings. The zero-order chi connectivity index (χ0) is 25.6. The molecule has 1 aliphatic carbocycles. The van der Waals surface area contributed by atoms with Crippen LogP contribution in [0.1, 0.15) is 71.4 Å². The van der Waals surface area contributed by atoms with Crippen LogP contribution in [-0.2, 0) is 10.4 Å². The van der Waals surface area contributed by atoms with Gasteiger partial charge in [0.2, 0.25) is 0 Å². The number of carbonyl (C=O) groups is 1. The molecule has 0 radical (unpaired) electrons. The topological polar surface area (TPSA) is 101 Å². The molecule has 2 unspecified atom stereocenters. The highest BCUT2D eigenvalue weighted by atomic mass is 16.5. The van der Waals surface area contributed by atoms with Crippen LogP contribution in [0, 0.1) is 5.92 Å². The minimum atomic E-state index is -1.01. The second-order valence-electron chi connectivity index (χ2n) is 10.8. The molecule has 36 heavy (non-hydrogen) atoms. The zero-order valence-electron chi connectivity index (χ0n) is 21.8. The number of nitrogens with one attached hydrogen (secondary N) is 3. The lowest BCUT2D eigenvalue weighted by molar-refractivity contribution is -0.117. The van der Waals surface area contributed by atoms with E-state index in [0.29, 0.717) is 12.2 Å². The average molecular weight is 495 g/mol. The van der Waals surface area contributed by atoms with Crippen molar-refractivity contribution in [3.05, 3.63) is 47.4 Å². The Kier molecular flexibility index (Phi) is 6.36. The molecule has 0 aromatic heterocycles. The summed E-state index contributed by atoms with van der Waals surface area (Å²) < 4.78 is 6.62. The molecule has 194 valence electrons. The van der Waals surface area contributed by atoms with Crippen LogP contribution >= 0.6 is 0 Å². The summed E-state index contributed by atoms with van der Waals surface area (Å²) in [5.41, 5.74) is 5.24. The minimum absolute atomic E-state index is 0.147. The van der Waals surface area contributed by atoms with E-state index in [0.717, 1.165) is 60.0 Å². The smallest absolute Gasteiger partial charge is 0.268 e. The molecule has 3 heterocycles. The van der Waals surface area contributed by atoms with Crippen LogP contribution in [0.5, 0.6) is 5.75 Å². The second-order valence-corrected chi connectivity index (χ2v) is 10.8. The summed E-state index contributed by atoms with van der Waals surface area (Å²) >= 11 is 0. The number of fused-ring (bicyclic) bond motifs is 3. The Labute approximate surface area is 213 Å². The van der Waals surface area contributed by atoms with Crippen LogP contribution in [0.4, 0.5) is 0 Å². The highest BCUT2D eigenvalue weighted by molar-refractivity contribution is 5.94. The van der Waals surface area contributed by atoms with Gasteiger partial charge < -0.3 is 30.3 Å². The largest absolute Gasteiger partial charge is 0.490 e. The van der Waals surface area contributed by atoms with Gasteiger partial charge in [-0.15, -0.1) is 0 Å². The van der Waals surface area contributed by atoms with Gasteiger partial charge in [0.15, 0.2) is 6.17 Å². The van der Waals surface area contributed by atoms with Crippen LogP contribution in [0.25, 0.3) is 5.70 Å². The normalized spacial score (nSPS) is 27.2. The predicted octanol–water partition coefficient (Wildman–Crippen LogP) is 2.96. The number of aliphatic hydroxyl groups is 1. The summed E-state index contributed by atoms with van der Waals surface area (Å²) in [6.07, 6.45) is 8.05. The number of benzene rings is 1. The van der Waals surface area contributed by atoms with Crippen molar-refractivity contribution >= 4 is 17.4 Å². The van der Waals surface area contributed by atoms with Crippen molar-refractivity contribution in [2.45, 2.75) is 84.3 Å². The van der Waals surface area contributed by atoms with E-state index >= 15 is 0 Å². The van der Waals surface area contributed by atoms with E-state index in [4.69, 9.17) is 4.74 Å². The number of hydrogen-bond donors (Lipinski definition) is 4. The number of rotatable bonds is 6. The third-order valence-corrected chi connectivity index (χ3v) is 7.54. The van der Waals surface area contributed by atoms with Gasteiger partial charge in [0.1, 0.15) is 23.4 Å². The van der Waals surface area contributed by atoms with E-state index in [1.165, 1.54) is 0 Å².